The van der Waals surface area contributed by atoms with Crippen molar-refractivity contribution in [1.82, 2.24) is 4.98 Å². The third-order valence-electron chi connectivity index (χ3n) is 2.97. The number of hydrogen-bond donors (Lipinski definition) is 2. The number of aromatic nitrogens is 1. The summed E-state index contributed by atoms with van der Waals surface area (Å²) in [6.45, 7) is 6.36. The van der Waals surface area contributed by atoms with E-state index in [1.807, 2.05) is 24.3 Å². The van der Waals surface area contributed by atoms with Crippen LogP contribution in [0.4, 0.5) is 0 Å². The quantitative estimate of drug-likeness (QED) is 0.836. The van der Waals surface area contributed by atoms with Crippen LogP contribution in [-0.2, 0) is 5.41 Å². The first kappa shape index (κ1) is 14.6. The Morgan fingerprint density at radius 3 is 2.30 bits per heavy atom. The molecule has 0 saturated carbocycles. The van der Waals surface area contributed by atoms with Crippen molar-refractivity contribution >= 4 is 12.6 Å². The summed E-state index contributed by atoms with van der Waals surface area (Å²) in [5.74, 6) is 1.18. The SMILES string of the molecule is CC(C)(C)c1ccccc1Oc1ccc(B(O)O)cn1. The van der Waals surface area contributed by atoms with E-state index in [4.69, 9.17) is 14.8 Å². The summed E-state index contributed by atoms with van der Waals surface area (Å²) in [6, 6.07) is 11.0. The summed E-state index contributed by atoms with van der Waals surface area (Å²) >= 11 is 0. The smallest absolute Gasteiger partial charge is 0.439 e. The van der Waals surface area contributed by atoms with Crippen molar-refractivity contribution < 1.29 is 14.8 Å². The predicted octanol–water partition coefficient (Wildman–Crippen LogP) is 1.85. The lowest BCUT2D eigenvalue weighted by molar-refractivity contribution is 0.424. The van der Waals surface area contributed by atoms with Gasteiger partial charge in [0.2, 0.25) is 5.88 Å². The van der Waals surface area contributed by atoms with Crippen molar-refractivity contribution in [2.24, 2.45) is 0 Å². The lowest BCUT2D eigenvalue weighted by atomic mass is 9.82. The molecule has 0 aliphatic rings. The van der Waals surface area contributed by atoms with Crippen LogP contribution in [0.25, 0.3) is 0 Å². The zero-order valence-electron chi connectivity index (χ0n) is 11.9. The molecule has 0 unspecified atom stereocenters. The molecule has 0 amide bonds. The molecule has 0 aliphatic heterocycles. The van der Waals surface area contributed by atoms with E-state index in [0.717, 1.165) is 11.3 Å². The van der Waals surface area contributed by atoms with E-state index in [9.17, 15) is 0 Å². The summed E-state index contributed by atoms with van der Waals surface area (Å²) in [6.07, 6.45) is 1.39. The van der Waals surface area contributed by atoms with Crippen molar-refractivity contribution in [3.05, 3.63) is 48.2 Å². The lowest BCUT2D eigenvalue weighted by Gasteiger charge is -2.22. The number of rotatable bonds is 3. The molecular formula is C15H18BNO3. The third-order valence-corrected chi connectivity index (χ3v) is 2.97. The Morgan fingerprint density at radius 1 is 1.05 bits per heavy atom. The third kappa shape index (κ3) is 3.38. The van der Waals surface area contributed by atoms with E-state index >= 15 is 0 Å². The van der Waals surface area contributed by atoms with Gasteiger partial charge in [0, 0.05) is 23.3 Å². The van der Waals surface area contributed by atoms with Gasteiger partial charge in [0.1, 0.15) is 5.75 Å². The summed E-state index contributed by atoms with van der Waals surface area (Å²) in [7, 11) is -1.52. The van der Waals surface area contributed by atoms with E-state index in [1.165, 1.54) is 6.20 Å². The van der Waals surface area contributed by atoms with Crippen LogP contribution in [0.3, 0.4) is 0 Å². The fraction of sp³-hybridized carbons (Fsp3) is 0.267. The second kappa shape index (κ2) is 5.65. The molecule has 1 aromatic heterocycles. The molecule has 4 nitrogen and oxygen atoms in total. The molecule has 0 radical (unpaired) electrons. The largest absolute Gasteiger partial charge is 0.490 e. The highest BCUT2D eigenvalue weighted by molar-refractivity contribution is 6.58. The van der Waals surface area contributed by atoms with E-state index in [2.05, 4.69) is 25.8 Å². The highest BCUT2D eigenvalue weighted by atomic mass is 16.5. The van der Waals surface area contributed by atoms with Gasteiger partial charge in [0.05, 0.1) is 0 Å². The second-order valence-electron chi connectivity index (χ2n) is 5.65. The molecule has 0 spiro atoms. The van der Waals surface area contributed by atoms with Gasteiger partial charge in [-0.2, -0.15) is 0 Å². The summed E-state index contributed by atoms with van der Waals surface area (Å²) in [4.78, 5) is 4.08. The number of pyridine rings is 1. The summed E-state index contributed by atoms with van der Waals surface area (Å²) in [5, 5.41) is 18.1. The Morgan fingerprint density at radius 2 is 1.75 bits per heavy atom. The molecule has 0 fully saturated rings. The van der Waals surface area contributed by atoms with E-state index in [1.54, 1.807) is 12.1 Å². The van der Waals surface area contributed by atoms with Gasteiger partial charge in [-0.3, -0.25) is 0 Å². The number of ether oxygens (including phenoxy) is 1. The van der Waals surface area contributed by atoms with Crippen molar-refractivity contribution in [3.63, 3.8) is 0 Å². The molecule has 0 atom stereocenters. The fourth-order valence-corrected chi connectivity index (χ4v) is 1.89. The van der Waals surface area contributed by atoms with Crippen LogP contribution in [0.5, 0.6) is 11.6 Å². The number of para-hydroxylation sites is 1. The summed E-state index contributed by atoms with van der Waals surface area (Å²) < 4.78 is 5.80. The maximum absolute atomic E-state index is 9.03. The topological polar surface area (TPSA) is 62.6 Å². The molecule has 2 aromatic rings. The average Bonchev–Trinajstić information content (AvgIpc) is 2.38. The first-order valence-corrected chi connectivity index (χ1v) is 6.47. The van der Waals surface area contributed by atoms with Gasteiger partial charge in [-0.05, 0) is 11.5 Å². The molecule has 1 aromatic carbocycles. The van der Waals surface area contributed by atoms with Crippen LogP contribution in [0.15, 0.2) is 42.6 Å². The molecular weight excluding hydrogens is 253 g/mol. The van der Waals surface area contributed by atoms with Crippen LogP contribution < -0.4 is 10.2 Å². The maximum atomic E-state index is 9.03. The van der Waals surface area contributed by atoms with Crippen LogP contribution >= 0.6 is 0 Å². The zero-order chi connectivity index (χ0) is 14.8. The van der Waals surface area contributed by atoms with Gasteiger partial charge < -0.3 is 14.8 Å². The maximum Gasteiger partial charge on any atom is 0.490 e. The Hall–Kier alpha value is -1.85. The van der Waals surface area contributed by atoms with Crippen molar-refractivity contribution in [2.45, 2.75) is 26.2 Å². The molecule has 0 saturated heterocycles. The van der Waals surface area contributed by atoms with Gasteiger partial charge in [0.25, 0.3) is 0 Å². The first-order chi connectivity index (χ1) is 9.38. The Bertz CT molecular complexity index is 576. The molecule has 1 heterocycles. The lowest BCUT2D eigenvalue weighted by Crippen LogP contribution is -2.29. The van der Waals surface area contributed by atoms with E-state index in [-0.39, 0.29) is 5.41 Å². The first-order valence-electron chi connectivity index (χ1n) is 6.47. The number of hydrogen-bond acceptors (Lipinski definition) is 4. The molecule has 0 bridgehead atoms. The second-order valence-corrected chi connectivity index (χ2v) is 5.65. The monoisotopic (exact) mass is 271 g/mol. The van der Waals surface area contributed by atoms with Crippen molar-refractivity contribution in [1.29, 1.82) is 0 Å². The number of nitrogens with zero attached hydrogens (tertiary/aromatic N) is 1. The van der Waals surface area contributed by atoms with Crippen LogP contribution in [0, 0.1) is 0 Å². The van der Waals surface area contributed by atoms with Gasteiger partial charge in [-0.25, -0.2) is 4.98 Å². The molecule has 2 N–H and O–H groups in total. The minimum atomic E-state index is -1.52. The van der Waals surface area contributed by atoms with Gasteiger partial charge in [0.15, 0.2) is 0 Å². The van der Waals surface area contributed by atoms with Crippen LogP contribution in [0.2, 0.25) is 0 Å². The van der Waals surface area contributed by atoms with Crippen molar-refractivity contribution in [3.8, 4) is 11.6 Å². The standard InChI is InChI=1S/C15H18BNO3/c1-15(2,3)12-6-4-5-7-13(12)20-14-9-8-11(10-17-14)16(18)19/h4-10,18-19H,1-3H3. The minimum Gasteiger partial charge on any atom is -0.439 e. The average molecular weight is 271 g/mol. The molecule has 0 aliphatic carbocycles. The van der Waals surface area contributed by atoms with E-state index < -0.39 is 7.12 Å². The van der Waals surface area contributed by atoms with Gasteiger partial charge >= 0.3 is 7.12 Å². The minimum absolute atomic E-state index is 0.0299. The molecule has 104 valence electrons. The Balaban J connectivity index is 2.26. The zero-order valence-corrected chi connectivity index (χ0v) is 11.9. The van der Waals surface area contributed by atoms with Gasteiger partial charge in [-0.1, -0.05) is 45.0 Å². The predicted molar refractivity (Wildman–Crippen MR) is 79.3 cm³/mol. The Labute approximate surface area is 119 Å². The van der Waals surface area contributed by atoms with Gasteiger partial charge in [-0.15, -0.1) is 0 Å². The van der Waals surface area contributed by atoms with Crippen LogP contribution in [0.1, 0.15) is 26.3 Å². The Kier molecular flexibility index (Phi) is 4.11. The highest BCUT2D eigenvalue weighted by Crippen LogP contribution is 2.33. The van der Waals surface area contributed by atoms with Crippen LogP contribution in [-0.4, -0.2) is 22.2 Å². The molecule has 5 heteroatoms. The summed E-state index contributed by atoms with van der Waals surface area (Å²) in [5.41, 5.74) is 1.40. The molecule has 20 heavy (non-hydrogen) atoms. The van der Waals surface area contributed by atoms with Crippen molar-refractivity contribution in [2.75, 3.05) is 0 Å². The highest BCUT2D eigenvalue weighted by Gasteiger charge is 2.19. The van der Waals surface area contributed by atoms with E-state index in [0.29, 0.717) is 11.3 Å². The normalized spacial score (nSPS) is 11.2. The molecule has 2 rings (SSSR count). The number of benzene rings is 1. The fourth-order valence-electron chi connectivity index (χ4n) is 1.89.